The first kappa shape index (κ1) is 54.1. The van der Waals surface area contributed by atoms with E-state index in [4.69, 9.17) is 52.1 Å². The van der Waals surface area contributed by atoms with Crippen molar-refractivity contribution in [3.05, 3.63) is 190 Å². The molecule has 1 heterocycles. The molecular formula is C56H66Cl4N4O4. The minimum atomic E-state index is -0.168. The summed E-state index contributed by atoms with van der Waals surface area (Å²) in [7, 11) is 0. The molecule has 0 aliphatic heterocycles. The van der Waals surface area contributed by atoms with Crippen molar-refractivity contribution in [2.45, 2.75) is 131 Å². The summed E-state index contributed by atoms with van der Waals surface area (Å²) in [6.07, 6.45) is 12.7. The SMILES string of the molecule is CC(=O)N(Cc1ccccc1Cl)C1=C(C)CCC1.CC1=C(NCc2ccccc2Cl)CCC1.CC1CCCC1=O.NCc1ccccc1Cl.O=c1cc(O)c2c(n1Cc1ccccc1Cl)CCC2. The molecule has 4 aliphatic carbocycles. The Bertz CT molecular complexity index is 2620. The Balaban J connectivity index is 0.000000165. The van der Waals surface area contributed by atoms with Crippen LogP contribution >= 0.6 is 46.4 Å². The number of Topliss-reactive ketones (excluding diaryl/α,β-unsaturated/α-hetero) is 1. The monoisotopic (exact) mass is 998 g/mol. The van der Waals surface area contributed by atoms with Crippen LogP contribution in [0.3, 0.4) is 0 Å². The lowest BCUT2D eigenvalue weighted by molar-refractivity contribution is -0.127. The van der Waals surface area contributed by atoms with Gasteiger partial charge in [-0.25, -0.2) is 0 Å². The fraction of sp³-hybridized carbons (Fsp3) is 0.375. The zero-order valence-electron chi connectivity index (χ0n) is 39.9. The van der Waals surface area contributed by atoms with Crippen LogP contribution in [0.4, 0.5) is 0 Å². The van der Waals surface area contributed by atoms with E-state index in [1.54, 1.807) is 11.5 Å². The number of rotatable bonds is 9. The normalized spacial score (nSPS) is 15.8. The molecule has 0 bridgehead atoms. The number of halogens is 4. The highest BCUT2D eigenvalue weighted by atomic mass is 35.5. The molecule has 68 heavy (non-hydrogen) atoms. The number of pyridine rings is 1. The highest BCUT2D eigenvalue weighted by Gasteiger charge is 2.23. The van der Waals surface area contributed by atoms with Gasteiger partial charge in [0.2, 0.25) is 5.91 Å². The van der Waals surface area contributed by atoms with Crippen LogP contribution < -0.4 is 16.6 Å². The molecule has 4 aliphatic rings. The third-order valence-corrected chi connectivity index (χ3v) is 14.3. The molecule has 1 atom stereocenters. The predicted molar refractivity (Wildman–Crippen MR) is 281 cm³/mol. The van der Waals surface area contributed by atoms with Crippen molar-refractivity contribution in [2.24, 2.45) is 11.7 Å². The van der Waals surface area contributed by atoms with Gasteiger partial charge in [0.15, 0.2) is 0 Å². The van der Waals surface area contributed by atoms with Gasteiger partial charge in [0.25, 0.3) is 5.56 Å². The molecule has 12 heteroatoms. The van der Waals surface area contributed by atoms with Gasteiger partial charge in [0.1, 0.15) is 11.5 Å². The number of fused-ring (bicyclic) bond motifs is 1. The maximum atomic E-state index is 12.1. The number of nitrogens with two attached hydrogens (primary N) is 1. The number of ketones is 1. The Kier molecular flexibility index (Phi) is 21.8. The molecule has 5 aromatic rings. The van der Waals surface area contributed by atoms with Crippen LogP contribution in [0.15, 0.2) is 130 Å². The summed E-state index contributed by atoms with van der Waals surface area (Å²) in [6.45, 7) is 10.3. The average molecular weight is 1000 g/mol. The van der Waals surface area contributed by atoms with Crippen molar-refractivity contribution in [1.29, 1.82) is 0 Å². The van der Waals surface area contributed by atoms with Crippen LogP contribution in [0.5, 0.6) is 5.75 Å². The Morgan fingerprint density at radius 3 is 1.68 bits per heavy atom. The molecule has 4 N–H and O–H groups in total. The third-order valence-electron chi connectivity index (χ3n) is 12.8. The number of hydrogen-bond donors (Lipinski definition) is 3. The lowest BCUT2D eigenvalue weighted by Crippen LogP contribution is -2.27. The number of aromatic hydroxyl groups is 1. The molecule has 1 fully saturated rings. The summed E-state index contributed by atoms with van der Waals surface area (Å²) in [5.74, 6) is 1.05. The standard InChI is InChI=1S/C15H14ClNO2.C15H18ClNO.C13H16ClN.C7H8ClN.C6H10O/c16-12-6-2-1-4-10(12)9-17-13-7-3-5-11(13)14(18)8-15(17)19;1-11-6-5-9-15(11)17(12(2)18)10-13-7-3-4-8-14(13)16;1-10-5-4-8-13(10)15-9-11-6-2-3-7-12(11)14;8-7-4-2-1-3-6(7)5-9;1-5-3-2-4-6(5)7/h1-2,4,6,8,18H,3,5,7,9H2;3-4,7-8H,5-6,9-10H2,1-2H3;2-3,6-7,15H,4-5,8-9H2,1H3;1-4H,5,9H2;5H,2-4H2,1H3. The smallest absolute Gasteiger partial charge is 0.254 e. The number of amides is 1. The maximum Gasteiger partial charge on any atom is 0.254 e. The van der Waals surface area contributed by atoms with Gasteiger partial charge < -0.3 is 25.6 Å². The average Bonchev–Trinajstić information content (AvgIpc) is 4.16. The maximum absolute atomic E-state index is 12.1. The van der Waals surface area contributed by atoms with Crippen molar-refractivity contribution in [2.75, 3.05) is 0 Å². The van der Waals surface area contributed by atoms with Crippen LogP contribution in [0.25, 0.3) is 0 Å². The first-order valence-electron chi connectivity index (χ1n) is 23.7. The van der Waals surface area contributed by atoms with Crippen LogP contribution in [0, 0.1) is 5.92 Å². The minimum absolute atomic E-state index is 0.0890. The van der Waals surface area contributed by atoms with Crippen molar-refractivity contribution >= 4 is 58.1 Å². The zero-order chi connectivity index (χ0) is 49.2. The van der Waals surface area contributed by atoms with Crippen LogP contribution in [0.1, 0.15) is 125 Å². The molecule has 0 saturated heterocycles. The van der Waals surface area contributed by atoms with Crippen LogP contribution in [-0.2, 0) is 48.6 Å². The second-order valence-corrected chi connectivity index (χ2v) is 19.3. The molecule has 1 saturated carbocycles. The molecule has 9 rings (SSSR count). The van der Waals surface area contributed by atoms with E-state index in [-0.39, 0.29) is 17.2 Å². The first-order valence-corrected chi connectivity index (χ1v) is 25.2. The third kappa shape index (κ3) is 15.9. The van der Waals surface area contributed by atoms with Crippen molar-refractivity contribution in [3.8, 4) is 5.75 Å². The van der Waals surface area contributed by atoms with Gasteiger partial charge in [-0.05, 0) is 131 Å². The number of nitrogens with one attached hydrogen (secondary N) is 1. The minimum Gasteiger partial charge on any atom is -0.507 e. The van der Waals surface area contributed by atoms with Gasteiger partial charge in [0, 0.05) is 81.2 Å². The summed E-state index contributed by atoms with van der Waals surface area (Å²) < 4.78 is 1.73. The van der Waals surface area contributed by atoms with E-state index in [0.29, 0.717) is 36.4 Å². The van der Waals surface area contributed by atoms with E-state index in [2.05, 4.69) is 25.2 Å². The highest BCUT2D eigenvalue weighted by Crippen LogP contribution is 2.32. The molecule has 1 amide bonds. The quantitative estimate of drug-likeness (QED) is 0.135. The zero-order valence-corrected chi connectivity index (χ0v) is 42.9. The summed E-state index contributed by atoms with van der Waals surface area (Å²) >= 11 is 24.1. The fourth-order valence-corrected chi connectivity index (χ4v) is 9.56. The molecule has 4 aromatic carbocycles. The molecule has 362 valence electrons. The first-order chi connectivity index (χ1) is 32.7. The number of carbonyl (C=O) groups excluding carboxylic acids is 2. The number of aromatic nitrogens is 1. The van der Waals surface area contributed by atoms with Gasteiger partial charge in [-0.3, -0.25) is 14.4 Å². The van der Waals surface area contributed by atoms with Crippen LogP contribution in [0.2, 0.25) is 20.1 Å². The molecular weight excluding hydrogens is 934 g/mol. The molecule has 8 nitrogen and oxygen atoms in total. The Hall–Kier alpha value is -4.83. The number of carbonyl (C=O) groups is 2. The number of allylic oxidation sites excluding steroid dienone is 4. The van der Waals surface area contributed by atoms with Gasteiger partial charge in [-0.2, -0.15) is 0 Å². The largest absolute Gasteiger partial charge is 0.507 e. The van der Waals surface area contributed by atoms with Gasteiger partial charge >= 0.3 is 0 Å². The molecule has 0 spiro atoms. The lowest BCUT2D eigenvalue weighted by Gasteiger charge is -2.24. The second-order valence-electron chi connectivity index (χ2n) is 17.7. The fourth-order valence-electron chi connectivity index (χ4n) is 8.76. The van der Waals surface area contributed by atoms with E-state index in [1.807, 2.05) is 103 Å². The van der Waals surface area contributed by atoms with Crippen molar-refractivity contribution < 1.29 is 14.7 Å². The van der Waals surface area contributed by atoms with Gasteiger partial charge in [-0.15, -0.1) is 0 Å². The number of benzene rings is 4. The van der Waals surface area contributed by atoms with E-state index in [0.717, 1.165) is 107 Å². The van der Waals surface area contributed by atoms with E-state index in [9.17, 15) is 19.5 Å². The molecule has 0 radical (unpaired) electrons. The summed E-state index contributed by atoms with van der Waals surface area (Å²) in [6, 6.07) is 32.1. The predicted octanol–water partition coefficient (Wildman–Crippen LogP) is 14.0. The lowest BCUT2D eigenvalue weighted by atomic mass is 10.1. The number of hydrogen-bond acceptors (Lipinski definition) is 6. The summed E-state index contributed by atoms with van der Waals surface area (Å²) in [5, 5.41) is 16.3. The Morgan fingerprint density at radius 1 is 0.691 bits per heavy atom. The Labute approximate surface area is 423 Å². The van der Waals surface area contributed by atoms with E-state index in [1.165, 1.54) is 53.4 Å². The van der Waals surface area contributed by atoms with Crippen molar-refractivity contribution in [3.63, 3.8) is 0 Å². The summed E-state index contributed by atoms with van der Waals surface area (Å²) in [5.41, 5.74) is 16.6. The topological polar surface area (TPSA) is 118 Å². The van der Waals surface area contributed by atoms with E-state index >= 15 is 0 Å². The van der Waals surface area contributed by atoms with E-state index < -0.39 is 0 Å². The van der Waals surface area contributed by atoms with Crippen molar-refractivity contribution in [1.82, 2.24) is 14.8 Å². The second kappa shape index (κ2) is 27.4. The van der Waals surface area contributed by atoms with Gasteiger partial charge in [-0.1, -0.05) is 137 Å². The molecule has 1 aromatic heterocycles. The number of nitrogens with zero attached hydrogens (tertiary/aromatic N) is 2. The van der Waals surface area contributed by atoms with Gasteiger partial charge in [0.05, 0.1) is 13.1 Å². The summed E-state index contributed by atoms with van der Waals surface area (Å²) in [4.78, 5) is 36.4. The Morgan fingerprint density at radius 2 is 1.22 bits per heavy atom. The molecule has 1 unspecified atom stereocenters. The van der Waals surface area contributed by atoms with Crippen LogP contribution in [-0.4, -0.2) is 26.3 Å². The highest BCUT2D eigenvalue weighted by molar-refractivity contribution is 6.32.